The number of piperidine rings is 1. The van der Waals surface area contributed by atoms with Crippen molar-refractivity contribution in [2.75, 3.05) is 20.3 Å². The Morgan fingerprint density at radius 2 is 2.24 bits per heavy atom. The summed E-state index contributed by atoms with van der Waals surface area (Å²) in [5.41, 5.74) is 0.0270. The number of hydrogen-bond acceptors (Lipinski definition) is 4. The molecule has 0 radical (unpaired) electrons. The molecule has 0 spiro atoms. The predicted molar refractivity (Wildman–Crippen MR) is 77.4 cm³/mol. The van der Waals surface area contributed by atoms with Crippen LogP contribution in [0.25, 0.3) is 0 Å². The molecule has 3 rings (SSSR count). The molecule has 1 saturated carbocycles. The molecule has 1 unspecified atom stereocenters. The molecule has 6 heteroatoms. The minimum atomic E-state index is -0.240. The number of ether oxygens (including phenoxy) is 1. The van der Waals surface area contributed by atoms with Gasteiger partial charge in [-0.1, -0.05) is 0 Å². The number of likely N-dealkylation sites (tertiary alicyclic amines) is 1. The highest BCUT2D eigenvalue weighted by Gasteiger charge is 2.31. The lowest BCUT2D eigenvalue weighted by atomic mass is 10.0. The van der Waals surface area contributed by atoms with Gasteiger partial charge in [-0.3, -0.25) is 9.59 Å². The van der Waals surface area contributed by atoms with Crippen LogP contribution in [0.3, 0.4) is 0 Å². The van der Waals surface area contributed by atoms with Gasteiger partial charge in [-0.05, 0) is 32.1 Å². The second-order valence-corrected chi connectivity index (χ2v) is 5.89. The first-order valence-corrected chi connectivity index (χ1v) is 7.60. The third-order valence-electron chi connectivity index (χ3n) is 4.19. The van der Waals surface area contributed by atoms with Crippen LogP contribution in [0.5, 0.6) is 0 Å². The molecule has 1 aromatic heterocycles. The van der Waals surface area contributed by atoms with Gasteiger partial charge in [0, 0.05) is 25.6 Å². The maximum Gasteiger partial charge on any atom is 0.273 e. The number of rotatable bonds is 4. The third-order valence-corrected chi connectivity index (χ3v) is 4.19. The molecule has 21 heavy (non-hydrogen) atoms. The van der Waals surface area contributed by atoms with Crippen molar-refractivity contribution in [2.24, 2.45) is 0 Å². The van der Waals surface area contributed by atoms with Crippen molar-refractivity contribution in [3.8, 4) is 0 Å². The Labute approximate surface area is 123 Å². The summed E-state index contributed by atoms with van der Waals surface area (Å²) in [6.07, 6.45) is 5.12. The number of nitrogens with one attached hydrogen (secondary N) is 1. The third kappa shape index (κ3) is 3.15. The zero-order valence-electron chi connectivity index (χ0n) is 12.3. The first-order chi connectivity index (χ1) is 10.2. The summed E-state index contributed by atoms with van der Waals surface area (Å²) in [5.74, 6) is 0.831. The van der Waals surface area contributed by atoms with Gasteiger partial charge < -0.3 is 14.6 Å². The second kappa shape index (κ2) is 5.97. The normalized spacial score (nSPS) is 22.3. The van der Waals surface area contributed by atoms with E-state index < -0.39 is 0 Å². The molecule has 1 saturated heterocycles. The van der Waals surface area contributed by atoms with E-state index in [1.165, 1.54) is 6.07 Å². The molecule has 2 fully saturated rings. The number of nitrogens with zero attached hydrogens (tertiary/aromatic N) is 2. The maximum atomic E-state index is 12.7. The quantitative estimate of drug-likeness (QED) is 0.907. The van der Waals surface area contributed by atoms with Crippen molar-refractivity contribution in [3.63, 3.8) is 0 Å². The first kappa shape index (κ1) is 14.3. The van der Waals surface area contributed by atoms with Gasteiger partial charge in [0.15, 0.2) is 0 Å². The van der Waals surface area contributed by atoms with Gasteiger partial charge in [-0.2, -0.15) is 0 Å². The summed E-state index contributed by atoms with van der Waals surface area (Å²) < 4.78 is 5.21. The molecule has 6 nitrogen and oxygen atoms in total. The van der Waals surface area contributed by atoms with Gasteiger partial charge in [0.1, 0.15) is 11.5 Å². The number of aromatic amines is 1. The topological polar surface area (TPSA) is 75.3 Å². The van der Waals surface area contributed by atoms with E-state index in [0.29, 0.717) is 24.9 Å². The highest BCUT2D eigenvalue weighted by atomic mass is 16.5. The zero-order valence-corrected chi connectivity index (χ0v) is 12.3. The van der Waals surface area contributed by atoms with E-state index in [4.69, 9.17) is 4.74 Å². The van der Waals surface area contributed by atoms with Crippen molar-refractivity contribution in [2.45, 2.75) is 44.1 Å². The number of amides is 1. The van der Waals surface area contributed by atoms with E-state index in [1.54, 1.807) is 7.11 Å². The SMILES string of the molecule is COCC1CCCCN1C(=O)c1cc(=O)[nH]c(C2CC2)n1. The molecule has 0 aromatic carbocycles. The molecule has 1 N–H and O–H groups in total. The smallest absolute Gasteiger partial charge is 0.273 e. The lowest BCUT2D eigenvalue weighted by Gasteiger charge is -2.35. The number of carbonyl (C=O) groups is 1. The lowest BCUT2D eigenvalue weighted by Crippen LogP contribution is -2.46. The Bertz CT molecular complexity index is 578. The van der Waals surface area contributed by atoms with Gasteiger partial charge in [-0.15, -0.1) is 0 Å². The Hall–Kier alpha value is -1.69. The van der Waals surface area contributed by atoms with Crippen molar-refractivity contribution < 1.29 is 9.53 Å². The molecular formula is C15H21N3O3. The van der Waals surface area contributed by atoms with Crippen LogP contribution in [-0.2, 0) is 4.74 Å². The molecule has 1 aromatic rings. The van der Waals surface area contributed by atoms with Crippen LogP contribution in [0.2, 0.25) is 0 Å². The predicted octanol–water partition coefficient (Wildman–Crippen LogP) is 1.29. The fraction of sp³-hybridized carbons (Fsp3) is 0.667. The van der Waals surface area contributed by atoms with Gasteiger partial charge in [0.05, 0.1) is 12.6 Å². The number of aromatic nitrogens is 2. The lowest BCUT2D eigenvalue weighted by molar-refractivity contribution is 0.0422. The molecule has 1 amide bonds. The van der Waals surface area contributed by atoms with Crippen LogP contribution in [0.4, 0.5) is 0 Å². The fourth-order valence-corrected chi connectivity index (χ4v) is 2.92. The van der Waals surface area contributed by atoms with E-state index in [1.807, 2.05) is 4.90 Å². The molecule has 1 atom stereocenters. The summed E-state index contributed by atoms with van der Waals surface area (Å²) in [4.78, 5) is 33.4. The average molecular weight is 291 g/mol. The Balaban J connectivity index is 1.84. The highest BCUT2D eigenvalue weighted by Crippen LogP contribution is 2.37. The fourth-order valence-electron chi connectivity index (χ4n) is 2.92. The molecular weight excluding hydrogens is 270 g/mol. The standard InChI is InChI=1S/C15H21N3O3/c1-21-9-11-4-2-3-7-18(11)15(20)12-8-13(19)17-14(16-12)10-5-6-10/h8,10-11H,2-7,9H2,1H3,(H,16,17,19). The van der Waals surface area contributed by atoms with Gasteiger partial charge >= 0.3 is 0 Å². The minimum absolute atomic E-state index is 0.0849. The summed E-state index contributed by atoms with van der Waals surface area (Å²) in [7, 11) is 1.65. The monoisotopic (exact) mass is 291 g/mol. The molecule has 1 aliphatic carbocycles. The summed E-state index contributed by atoms with van der Waals surface area (Å²) in [6.45, 7) is 1.24. The van der Waals surface area contributed by atoms with E-state index in [2.05, 4.69) is 9.97 Å². The Kier molecular flexibility index (Phi) is 4.05. The van der Waals surface area contributed by atoms with Gasteiger partial charge in [0.2, 0.25) is 0 Å². The molecule has 0 bridgehead atoms. The molecule has 2 aliphatic rings. The minimum Gasteiger partial charge on any atom is -0.383 e. The first-order valence-electron chi connectivity index (χ1n) is 7.60. The number of methoxy groups -OCH3 is 1. The van der Waals surface area contributed by atoms with E-state index in [9.17, 15) is 9.59 Å². The van der Waals surface area contributed by atoms with E-state index in [-0.39, 0.29) is 23.2 Å². The summed E-state index contributed by atoms with van der Waals surface area (Å²) in [5, 5.41) is 0. The number of hydrogen-bond donors (Lipinski definition) is 1. The van der Waals surface area contributed by atoms with Gasteiger partial charge in [0.25, 0.3) is 11.5 Å². The van der Waals surface area contributed by atoms with Crippen LogP contribution in [0.1, 0.15) is 54.3 Å². The van der Waals surface area contributed by atoms with Crippen molar-refractivity contribution in [3.05, 3.63) is 27.9 Å². The Morgan fingerprint density at radius 1 is 1.43 bits per heavy atom. The largest absolute Gasteiger partial charge is 0.383 e. The summed E-state index contributed by atoms with van der Waals surface area (Å²) >= 11 is 0. The average Bonchev–Trinajstić information content (AvgIpc) is 3.31. The zero-order chi connectivity index (χ0) is 14.8. The van der Waals surface area contributed by atoms with Gasteiger partial charge in [-0.25, -0.2) is 4.98 Å². The maximum absolute atomic E-state index is 12.7. The van der Waals surface area contributed by atoms with Crippen LogP contribution in [0.15, 0.2) is 10.9 Å². The van der Waals surface area contributed by atoms with Crippen molar-refractivity contribution in [1.82, 2.24) is 14.9 Å². The van der Waals surface area contributed by atoms with Crippen molar-refractivity contribution >= 4 is 5.91 Å². The van der Waals surface area contributed by atoms with Crippen LogP contribution < -0.4 is 5.56 Å². The molecule has 2 heterocycles. The molecule has 114 valence electrons. The van der Waals surface area contributed by atoms with E-state index >= 15 is 0 Å². The highest BCUT2D eigenvalue weighted by molar-refractivity contribution is 5.92. The van der Waals surface area contributed by atoms with Crippen LogP contribution >= 0.6 is 0 Å². The number of H-pyrrole nitrogens is 1. The Morgan fingerprint density at radius 3 is 2.95 bits per heavy atom. The van der Waals surface area contributed by atoms with E-state index in [0.717, 1.165) is 32.1 Å². The van der Waals surface area contributed by atoms with Crippen molar-refractivity contribution in [1.29, 1.82) is 0 Å². The molecule has 1 aliphatic heterocycles. The number of carbonyl (C=O) groups excluding carboxylic acids is 1. The van der Waals surface area contributed by atoms with Crippen LogP contribution in [-0.4, -0.2) is 47.1 Å². The van der Waals surface area contributed by atoms with Crippen LogP contribution in [0, 0.1) is 0 Å². The summed E-state index contributed by atoms with van der Waals surface area (Å²) in [6, 6.07) is 1.40. The second-order valence-electron chi connectivity index (χ2n) is 5.89.